The summed E-state index contributed by atoms with van der Waals surface area (Å²) in [6.45, 7) is 5.76. The Bertz CT molecular complexity index is 1310. The number of methoxy groups -OCH3 is 2. The van der Waals surface area contributed by atoms with Gasteiger partial charge in [0.2, 0.25) is 0 Å². The van der Waals surface area contributed by atoms with Gasteiger partial charge in [0.1, 0.15) is 11.9 Å². The van der Waals surface area contributed by atoms with Gasteiger partial charge in [0.05, 0.1) is 36.2 Å². The molecule has 206 valence electrons. The van der Waals surface area contributed by atoms with Crippen LogP contribution in [0.3, 0.4) is 0 Å². The highest BCUT2D eigenvalue weighted by Gasteiger charge is 2.39. The monoisotopic (exact) mass is 535 g/mol. The molecule has 2 heterocycles. The molecule has 1 N–H and O–H groups in total. The minimum Gasteiger partial charge on any atom is -0.497 e. The number of nitro groups is 1. The number of esters is 2. The van der Waals surface area contributed by atoms with E-state index in [-0.39, 0.29) is 22.9 Å². The summed E-state index contributed by atoms with van der Waals surface area (Å²) in [5.41, 5.74) is 2.97. The van der Waals surface area contributed by atoms with Crippen molar-refractivity contribution in [3.63, 3.8) is 0 Å². The molecule has 0 saturated carbocycles. The van der Waals surface area contributed by atoms with Crippen molar-refractivity contribution < 1.29 is 28.7 Å². The molecule has 10 nitrogen and oxygen atoms in total. The van der Waals surface area contributed by atoms with Gasteiger partial charge >= 0.3 is 11.9 Å². The molecule has 0 radical (unpaired) electrons. The van der Waals surface area contributed by atoms with Gasteiger partial charge in [0.15, 0.2) is 0 Å². The van der Waals surface area contributed by atoms with E-state index in [0.717, 1.165) is 25.4 Å². The number of likely N-dealkylation sites (tertiary alicyclic amines) is 1. The molecular weight excluding hydrogens is 502 g/mol. The molecule has 1 fully saturated rings. The number of nitrogens with zero attached hydrogens (tertiary/aromatic N) is 2. The number of carbonyl (C=O) groups excluding carboxylic acids is 2. The molecule has 39 heavy (non-hydrogen) atoms. The normalized spacial score (nSPS) is 18.4. The number of rotatable bonds is 8. The molecule has 2 aliphatic rings. The number of nitrogens with one attached hydrogen (secondary N) is 1. The number of dihydropyridines is 1. The van der Waals surface area contributed by atoms with Crippen molar-refractivity contribution in [3.8, 4) is 5.75 Å². The van der Waals surface area contributed by atoms with Gasteiger partial charge in [0, 0.05) is 43.2 Å². The number of hydrogen-bond donors (Lipinski definition) is 1. The second kappa shape index (κ2) is 12.1. The largest absolute Gasteiger partial charge is 0.497 e. The summed E-state index contributed by atoms with van der Waals surface area (Å²) in [5.74, 6) is -1.24. The molecule has 1 saturated heterocycles. The summed E-state index contributed by atoms with van der Waals surface area (Å²) in [6.07, 6.45) is 1.05. The zero-order chi connectivity index (χ0) is 28.1. The Morgan fingerprint density at radius 3 is 2.23 bits per heavy atom. The van der Waals surface area contributed by atoms with Crippen molar-refractivity contribution in [1.82, 2.24) is 10.2 Å². The van der Waals surface area contributed by atoms with E-state index in [2.05, 4.69) is 10.2 Å². The number of piperidine rings is 1. The molecule has 2 aromatic carbocycles. The van der Waals surface area contributed by atoms with Crippen LogP contribution >= 0.6 is 0 Å². The number of allylic oxidation sites excluding steroid dienone is 2. The quantitative estimate of drug-likeness (QED) is 0.301. The number of ether oxygens (including phenoxy) is 3. The van der Waals surface area contributed by atoms with E-state index in [9.17, 15) is 19.7 Å². The summed E-state index contributed by atoms with van der Waals surface area (Å²) >= 11 is 0. The van der Waals surface area contributed by atoms with Crippen LogP contribution < -0.4 is 10.1 Å². The Labute approximate surface area is 227 Å². The van der Waals surface area contributed by atoms with Gasteiger partial charge in [-0.1, -0.05) is 24.3 Å². The fraction of sp³-hybridized carbons (Fsp3) is 0.379. The lowest BCUT2D eigenvalue weighted by atomic mass is 9.80. The van der Waals surface area contributed by atoms with Gasteiger partial charge in [-0.15, -0.1) is 0 Å². The van der Waals surface area contributed by atoms with Gasteiger partial charge in [-0.05, 0) is 49.9 Å². The van der Waals surface area contributed by atoms with Gasteiger partial charge in [-0.25, -0.2) is 9.59 Å². The van der Waals surface area contributed by atoms with Crippen LogP contribution in [0, 0.1) is 10.1 Å². The van der Waals surface area contributed by atoms with Crippen LogP contribution in [-0.4, -0.2) is 55.2 Å². The maximum atomic E-state index is 13.6. The van der Waals surface area contributed by atoms with E-state index in [1.54, 1.807) is 27.0 Å². The van der Waals surface area contributed by atoms with Crippen molar-refractivity contribution in [1.29, 1.82) is 0 Å². The highest BCUT2D eigenvalue weighted by Crippen LogP contribution is 2.40. The predicted molar refractivity (Wildman–Crippen MR) is 144 cm³/mol. The smallest absolute Gasteiger partial charge is 0.337 e. The van der Waals surface area contributed by atoms with E-state index in [1.165, 1.54) is 30.9 Å². The van der Waals surface area contributed by atoms with E-state index in [1.807, 2.05) is 24.3 Å². The Hall–Kier alpha value is -4.18. The second-order valence-electron chi connectivity index (χ2n) is 9.71. The van der Waals surface area contributed by atoms with Gasteiger partial charge in [-0.3, -0.25) is 15.0 Å². The van der Waals surface area contributed by atoms with E-state index >= 15 is 0 Å². The Morgan fingerprint density at radius 1 is 1.00 bits per heavy atom. The molecule has 10 heteroatoms. The van der Waals surface area contributed by atoms with Crippen molar-refractivity contribution in [3.05, 3.63) is 92.3 Å². The van der Waals surface area contributed by atoms with Crippen LogP contribution in [-0.2, 0) is 25.6 Å². The lowest BCUT2D eigenvalue weighted by Gasteiger charge is -2.34. The molecule has 4 rings (SSSR count). The summed E-state index contributed by atoms with van der Waals surface area (Å²) in [6, 6.07) is 13.9. The van der Waals surface area contributed by atoms with Crippen LogP contribution in [0.4, 0.5) is 5.69 Å². The second-order valence-corrected chi connectivity index (χ2v) is 9.71. The molecule has 0 aliphatic carbocycles. The summed E-state index contributed by atoms with van der Waals surface area (Å²) in [4.78, 5) is 39.7. The fourth-order valence-corrected chi connectivity index (χ4v) is 5.19. The molecule has 0 aromatic heterocycles. The van der Waals surface area contributed by atoms with Gasteiger partial charge < -0.3 is 19.5 Å². The number of carbonyl (C=O) groups is 2. The van der Waals surface area contributed by atoms with Crippen LogP contribution in [0.2, 0.25) is 0 Å². The maximum absolute atomic E-state index is 13.6. The molecule has 2 aromatic rings. The van der Waals surface area contributed by atoms with E-state index in [0.29, 0.717) is 29.8 Å². The summed E-state index contributed by atoms with van der Waals surface area (Å²) in [7, 11) is 2.90. The molecule has 0 bridgehead atoms. The van der Waals surface area contributed by atoms with Crippen LogP contribution in [0.15, 0.2) is 71.1 Å². The minimum absolute atomic E-state index is 0.137. The summed E-state index contributed by atoms with van der Waals surface area (Å²) < 4.78 is 16.2. The van der Waals surface area contributed by atoms with Crippen molar-refractivity contribution in [2.75, 3.05) is 27.3 Å². The zero-order valence-electron chi connectivity index (χ0n) is 22.6. The number of benzene rings is 2. The first kappa shape index (κ1) is 27.8. The number of nitro benzene ring substituents is 1. The summed E-state index contributed by atoms with van der Waals surface area (Å²) in [5, 5.41) is 14.6. The standard InChI is InChI=1S/C29H33N3O7/c1-18-25(28(33)38-4)27(21-6-5-7-22(16-21)32(35)36)26(19(2)30-18)29(34)39-24-12-14-31(15-13-24)17-20-8-10-23(37-3)11-9-20/h5-11,16,24,27,30H,12-15,17H2,1-4H3. The first-order valence-electron chi connectivity index (χ1n) is 12.8. The van der Waals surface area contributed by atoms with Crippen molar-refractivity contribution in [2.24, 2.45) is 0 Å². The molecule has 1 atom stereocenters. The number of non-ortho nitro benzene ring substituents is 1. The van der Waals surface area contributed by atoms with E-state index < -0.39 is 22.8 Å². The lowest BCUT2D eigenvalue weighted by Crippen LogP contribution is -2.39. The number of hydrogen-bond acceptors (Lipinski definition) is 9. The maximum Gasteiger partial charge on any atom is 0.337 e. The molecular formula is C29H33N3O7. The highest BCUT2D eigenvalue weighted by molar-refractivity contribution is 6.00. The van der Waals surface area contributed by atoms with Crippen molar-refractivity contribution >= 4 is 17.6 Å². The Balaban J connectivity index is 1.51. The van der Waals surface area contributed by atoms with Crippen LogP contribution in [0.1, 0.15) is 43.7 Å². The van der Waals surface area contributed by atoms with Crippen LogP contribution in [0.5, 0.6) is 5.75 Å². The first-order valence-corrected chi connectivity index (χ1v) is 12.8. The SMILES string of the molecule is COC(=O)C1=C(C)NC(C)=C(C(=O)OC2CCN(Cc3ccc(OC)cc3)CC2)C1c1cccc([N+](=O)[O-])c1. The predicted octanol–water partition coefficient (Wildman–Crippen LogP) is 4.22. The Kier molecular flexibility index (Phi) is 8.65. The van der Waals surface area contributed by atoms with Crippen LogP contribution in [0.25, 0.3) is 0 Å². The topological polar surface area (TPSA) is 120 Å². The lowest BCUT2D eigenvalue weighted by molar-refractivity contribution is -0.384. The van der Waals surface area contributed by atoms with Crippen molar-refractivity contribution in [2.45, 2.75) is 45.3 Å². The molecule has 0 spiro atoms. The average Bonchev–Trinajstić information content (AvgIpc) is 2.93. The zero-order valence-corrected chi connectivity index (χ0v) is 22.6. The molecule has 0 amide bonds. The average molecular weight is 536 g/mol. The minimum atomic E-state index is -0.874. The van der Waals surface area contributed by atoms with Gasteiger partial charge in [0.25, 0.3) is 5.69 Å². The molecule has 2 aliphatic heterocycles. The third-order valence-corrected chi connectivity index (χ3v) is 7.17. The Morgan fingerprint density at radius 2 is 1.64 bits per heavy atom. The highest BCUT2D eigenvalue weighted by atomic mass is 16.6. The first-order chi connectivity index (χ1) is 18.7. The van der Waals surface area contributed by atoms with E-state index in [4.69, 9.17) is 14.2 Å². The fourth-order valence-electron chi connectivity index (χ4n) is 5.19. The third-order valence-electron chi connectivity index (χ3n) is 7.17. The molecule has 1 unspecified atom stereocenters. The van der Waals surface area contributed by atoms with Gasteiger partial charge in [-0.2, -0.15) is 0 Å². The third kappa shape index (κ3) is 6.28.